The van der Waals surface area contributed by atoms with Crippen molar-refractivity contribution in [2.75, 3.05) is 34.9 Å². The van der Waals surface area contributed by atoms with Gasteiger partial charge in [-0.3, -0.25) is 0 Å². The van der Waals surface area contributed by atoms with Crippen LogP contribution in [0.3, 0.4) is 0 Å². The molecule has 0 spiro atoms. The average Bonchev–Trinajstić information content (AvgIpc) is 3.18. The highest BCUT2D eigenvalue weighted by molar-refractivity contribution is 7.67. The van der Waals surface area contributed by atoms with E-state index < -0.39 is 15.8 Å². The van der Waals surface area contributed by atoms with Crippen molar-refractivity contribution < 1.29 is 0 Å². The van der Waals surface area contributed by atoms with E-state index in [1.54, 1.807) is 0 Å². The molecule has 2 nitrogen and oxygen atoms in total. The summed E-state index contributed by atoms with van der Waals surface area (Å²) in [7, 11) is -0.833. The first-order valence-electron chi connectivity index (χ1n) is 21.0. The zero-order valence-electron chi connectivity index (χ0n) is 32.7. The summed E-state index contributed by atoms with van der Waals surface area (Å²) in [6, 6.07) is 42.2. The summed E-state index contributed by atoms with van der Waals surface area (Å²) in [6.45, 7) is 4.60. The first kappa shape index (κ1) is 40.5. The van der Waals surface area contributed by atoms with Crippen molar-refractivity contribution in [2.45, 2.75) is 129 Å². The van der Waals surface area contributed by atoms with Gasteiger partial charge in [0.25, 0.3) is 0 Å². The fraction of sp³-hybridized carbons (Fsp3) is 0.500. The molecule has 0 bridgehead atoms. The van der Waals surface area contributed by atoms with Crippen molar-refractivity contribution in [1.82, 2.24) is 0 Å². The van der Waals surface area contributed by atoms with Crippen LogP contribution < -0.4 is 20.4 Å². The first-order chi connectivity index (χ1) is 25.7. The van der Waals surface area contributed by atoms with Crippen LogP contribution in [0, 0.1) is 0 Å². The number of benzene rings is 4. The largest absolute Gasteiger partial charge is 0.363 e. The number of unbranched alkanes of at least 4 members (excludes halogenated alkanes) is 14. The molecule has 0 saturated carbocycles. The molecule has 0 aromatic heterocycles. The molecule has 4 aromatic carbocycles. The SMILES string of the molecule is CCCCCCCCCCc1ccc(N2CP(c3ccccc3)CN(c3ccc(CCCCCCCCCC)cc3)CP(c3ccccc3)C2)cc1. The van der Waals surface area contributed by atoms with Gasteiger partial charge >= 0.3 is 0 Å². The lowest BCUT2D eigenvalue weighted by Crippen LogP contribution is -2.38. The number of anilines is 2. The highest BCUT2D eigenvalue weighted by Crippen LogP contribution is 2.48. The van der Waals surface area contributed by atoms with E-state index in [1.165, 1.54) is 149 Å². The molecule has 4 aromatic rings. The number of rotatable bonds is 22. The van der Waals surface area contributed by atoms with Crippen LogP contribution in [-0.2, 0) is 12.8 Å². The molecule has 1 saturated heterocycles. The van der Waals surface area contributed by atoms with E-state index in [0.29, 0.717) is 0 Å². The fourth-order valence-electron chi connectivity index (χ4n) is 7.61. The maximum absolute atomic E-state index is 2.75. The summed E-state index contributed by atoms with van der Waals surface area (Å²) < 4.78 is 0. The van der Waals surface area contributed by atoms with Crippen LogP contribution in [0.15, 0.2) is 109 Å². The number of nitrogens with zero attached hydrogens (tertiary/aromatic N) is 2. The maximum atomic E-state index is 2.75. The molecule has 0 aliphatic carbocycles. The molecule has 5 rings (SSSR count). The van der Waals surface area contributed by atoms with Crippen LogP contribution in [0.2, 0.25) is 0 Å². The second-order valence-electron chi connectivity index (χ2n) is 15.2. The van der Waals surface area contributed by atoms with Crippen LogP contribution in [0.1, 0.15) is 128 Å². The van der Waals surface area contributed by atoms with E-state index in [2.05, 4.69) is 133 Å². The van der Waals surface area contributed by atoms with E-state index in [1.807, 2.05) is 0 Å². The van der Waals surface area contributed by atoms with Gasteiger partial charge in [0.05, 0.1) is 0 Å². The average molecular weight is 735 g/mol. The third kappa shape index (κ3) is 14.0. The van der Waals surface area contributed by atoms with Crippen LogP contribution in [-0.4, -0.2) is 25.1 Å². The van der Waals surface area contributed by atoms with Gasteiger partial charge in [0.2, 0.25) is 0 Å². The molecular weight excluding hydrogens is 666 g/mol. The Morgan fingerprint density at radius 2 is 0.673 bits per heavy atom. The minimum Gasteiger partial charge on any atom is -0.363 e. The van der Waals surface area contributed by atoms with Gasteiger partial charge in [-0.05, 0) is 87.5 Å². The molecule has 1 aliphatic heterocycles. The smallest absolute Gasteiger partial charge is 0.0438 e. The minimum atomic E-state index is -0.417. The van der Waals surface area contributed by atoms with Crippen molar-refractivity contribution in [3.63, 3.8) is 0 Å². The van der Waals surface area contributed by atoms with Crippen molar-refractivity contribution in [1.29, 1.82) is 0 Å². The van der Waals surface area contributed by atoms with Gasteiger partial charge in [0, 0.05) is 36.5 Å². The van der Waals surface area contributed by atoms with E-state index in [-0.39, 0.29) is 0 Å². The Bertz CT molecular complexity index is 1350. The van der Waals surface area contributed by atoms with E-state index in [4.69, 9.17) is 0 Å². The van der Waals surface area contributed by atoms with Gasteiger partial charge in [0.1, 0.15) is 0 Å². The van der Waals surface area contributed by atoms with E-state index >= 15 is 0 Å². The normalized spacial score (nSPS) is 16.5. The molecule has 0 N–H and O–H groups in total. The van der Waals surface area contributed by atoms with E-state index in [9.17, 15) is 0 Å². The number of hydrogen-bond acceptors (Lipinski definition) is 2. The second kappa shape index (κ2) is 23.9. The first-order valence-corrected chi connectivity index (χ1v) is 24.4. The zero-order chi connectivity index (χ0) is 36.1. The lowest BCUT2D eigenvalue weighted by atomic mass is 10.0. The van der Waals surface area contributed by atoms with Crippen molar-refractivity contribution >= 4 is 37.8 Å². The monoisotopic (exact) mass is 734 g/mol. The highest BCUT2D eigenvalue weighted by Gasteiger charge is 2.28. The minimum absolute atomic E-state index is 0.417. The van der Waals surface area contributed by atoms with E-state index in [0.717, 1.165) is 25.1 Å². The molecule has 0 amide bonds. The standard InChI is InChI=1S/C48H68N2P2/c1-3-5-7-9-11-13-15-19-25-43-31-35-45(36-32-43)49-39-51(47-27-21-17-22-28-47)41-50(42-52(40-49)48-29-23-18-24-30-48)46-37-33-44(34-38-46)26-20-16-14-12-10-8-6-4-2/h17-18,21-24,27-38H,3-16,19-20,25-26,39-42H2,1-2H3. The summed E-state index contributed by atoms with van der Waals surface area (Å²) in [5.41, 5.74) is 5.78. The Morgan fingerprint density at radius 3 is 1.00 bits per heavy atom. The fourth-order valence-corrected chi connectivity index (χ4v) is 12.6. The van der Waals surface area contributed by atoms with Crippen LogP contribution >= 0.6 is 15.8 Å². The molecule has 0 atom stereocenters. The predicted octanol–water partition coefficient (Wildman–Crippen LogP) is 13.8. The summed E-state index contributed by atoms with van der Waals surface area (Å²) in [5, 5.41) is 3.02. The van der Waals surface area contributed by atoms with Gasteiger partial charge in [-0.1, -0.05) is 189 Å². The summed E-state index contributed by atoms with van der Waals surface area (Å²) in [4.78, 5) is 5.50. The Kier molecular flexibility index (Phi) is 18.6. The van der Waals surface area contributed by atoms with Crippen molar-refractivity contribution in [2.24, 2.45) is 0 Å². The molecule has 1 aliphatic rings. The molecule has 0 unspecified atom stereocenters. The van der Waals surface area contributed by atoms with Crippen LogP contribution in [0.25, 0.3) is 0 Å². The topological polar surface area (TPSA) is 6.48 Å². The Labute approximate surface area is 321 Å². The van der Waals surface area contributed by atoms with Crippen molar-refractivity contribution in [3.8, 4) is 0 Å². The lowest BCUT2D eigenvalue weighted by Gasteiger charge is -2.41. The molecule has 1 heterocycles. The summed E-state index contributed by atoms with van der Waals surface area (Å²) in [6.07, 6.45) is 28.8. The lowest BCUT2D eigenvalue weighted by molar-refractivity contribution is 0.575. The van der Waals surface area contributed by atoms with Crippen molar-refractivity contribution in [3.05, 3.63) is 120 Å². The molecule has 280 valence electrons. The van der Waals surface area contributed by atoms with Gasteiger partial charge in [-0.2, -0.15) is 0 Å². The molecule has 52 heavy (non-hydrogen) atoms. The molecular formula is C48H68N2P2. The Balaban J connectivity index is 1.26. The Morgan fingerprint density at radius 1 is 0.365 bits per heavy atom. The van der Waals surface area contributed by atoms with Gasteiger partial charge in [0.15, 0.2) is 0 Å². The number of hydrogen-bond donors (Lipinski definition) is 0. The molecule has 4 heteroatoms. The highest BCUT2D eigenvalue weighted by atomic mass is 31.1. The third-order valence-corrected chi connectivity index (χ3v) is 15.6. The molecule has 1 fully saturated rings. The zero-order valence-corrected chi connectivity index (χ0v) is 34.5. The third-order valence-electron chi connectivity index (χ3n) is 10.8. The quantitative estimate of drug-likeness (QED) is 0.0586. The van der Waals surface area contributed by atoms with Gasteiger partial charge < -0.3 is 9.80 Å². The van der Waals surface area contributed by atoms with Gasteiger partial charge in [-0.25, -0.2) is 0 Å². The van der Waals surface area contributed by atoms with Crippen LogP contribution in [0.4, 0.5) is 11.4 Å². The second-order valence-corrected chi connectivity index (χ2v) is 19.5. The Hall–Kier alpha value is -2.66. The predicted molar refractivity (Wildman–Crippen MR) is 236 cm³/mol. The van der Waals surface area contributed by atoms with Crippen LogP contribution in [0.5, 0.6) is 0 Å². The summed E-state index contributed by atoms with van der Waals surface area (Å²) >= 11 is 0. The summed E-state index contributed by atoms with van der Waals surface area (Å²) in [5.74, 6) is 0. The number of aryl methyl sites for hydroxylation is 2. The van der Waals surface area contributed by atoms with Gasteiger partial charge in [-0.15, -0.1) is 0 Å². The molecule has 0 radical (unpaired) electrons. The maximum Gasteiger partial charge on any atom is 0.0438 e.